The van der Waals surface area contributed by atoms with Crippen LogP contribution in [-0.4, -0.2) is 30.4 Å². The molecule has 5 heteroatoms. The van der Waals surface area contributed by atoms with Crippen LogP contribution in [-0.2, 0) is 9.59 Å². The van der Waals surface area contributed by atoms with Gasteiger partial charge in [0.05, 0.1) is 12.6 Å². The second-order valence-corrected chi connectivity index (χ2v) is 6.05. The Morgan fingerprint density at radius 1 is 1.17 bits per heavy atom. The van der Waals surface area contributed by atoms with Gasteiger partial charge in [-0.1, -0.05) is 50.8 Å². The molecule has 0 aromatic rings. The van der Waals surface area contributed by atoms with Gasteiger partial charge in [0.15, 0.2) is 0 Å². The number of nitrogens with two attached hydrogens (primary N) is 1. The molecule has 23 heavy (non-hydrogen) atoms. The molecule has 130 valence electrons. The third-order valence-corrected chi connectivity index (χ3v) is 3.13. The van der Waals surface area contributed by atoms with E-state index >= 15 is 0 Å². The first-order chi connectivity index (χ1) is 10.9. The Labute approximate surface area is 140 Å². The van der Waals surface area contributed by atoms with Gasteiger partial charge in [0.1, 0.15) is 0 Å². The number of allylic oxidation sites excluding steroid dienone is 5. The van der Waals surface area contributed by atoms with E-state index in [2.05, 4.69) is 31.1 Å². The van der Waals surface area contributed by atoms with Crippen LogP contribution < -0.4 is 16.4 Å². The van der Waals surface area contributed by atoms with E-state index in [0.717, 1.165) is 6.42 Å². The van der Waals surface area contributed by atoms with E-state index in [4.69, 9.17) is 5.73 Å². The summed E-state index contributed by atoms with van der Waals surface area (Å²) in [6, 6.07) is -0.509. The molecule has 5 nitrogen and oxygen atoms in total. The summed E-state index contributed by atoms with van der Waals surface area (Å²) < 4.78 is 0. The lowest BCUT2D eigenvalue weighted by molar-refractivity contribution is -0.127. The first-order valence-corrected chi connectivity index (χ1v) is 8.13. The Kier molecular flexibility index (Phi) is 11.6. The SMILES string of the molecule is C=C/C=C\C=C/CC[C@@H](N)C(=O)NCC(=O)NC(C)CC(C)C. The van der Waals surface area contributed by atoms with Crippen molar-refractivity contribution >= 4 is 11.8 Å². The minimum absolute atomic E-state index is 0.0348. The summed E-state index contributed by atoms with van der Waals surface area (Å²) in [6.07, 6.45) is 11.3. The quantitative estimate of drug-likeness (QED) is 0.509. The third-order valence-electron chi connectivity index (χ3n) is 3.13. The molecule has 0 rings (SSSR count). The van der Waals surface area contributed by atoms with E-state index in [0.29, 0.717) is 18.8 Å². The topological polar surface area (TPSA) is 84.2 Å². The number of hydrogen-bond acceptors (Lipinski definition) is 3. The van der Waals surface area contributed by atoms with Gasteiger partial charge >= 0.3 is 0 Å². The zero-order chi connectivity index (χ0) is 17.7. The zero-order valence-corrected chi connectivity index (χ0v) is 14.5. The fraction of sp³-hybridized carbons (Fsp3) is 0.556. The van der Waals surface area contributed by atoms with Crippen molar-refractivity contribution < 1.29 is 9.59 Å². The van der Waals surface area contributed by atoms with Gasteiger partial charge in [-0.15, -0.1) is 0 Å². The minimum atomic E-state index is -0.607. The fourth-order valence-electron chi connectivity index (χ4n) is 2.11. The summed E-state index contributed by atoms with van der Waals surface area (Å²) in [7, 11) is 0. The van der Waals surface area contributed by atoms with Gasteiger partial charge < -0.3 is 16.4 Å². The molecule has 0 aliphatic rings. The molecule has 0 aromatic carbocycles. The van der Waals surface area contributed by atoms with Crippen LogP contribution in [0.15, 0.2) is 37.0 Å². The van der Waals surface area contributed by atoms with Gasteiger partial charge in [-0.2, -0.15) is 0 Å². The van der Waals surface area contributed by atoms with Crippen molar-refractivity contribution in [1.82, 2.24) is 10.6 Å². The number of hydrogen-bond donors (Lipinski definition) is 3. The normalized spacial score (nSPS) is 14.1. The molecule has 0 aromatic heterocycles. The van der Waals surface area contributed by atoms with Gasteiger partial charge in [0.25, 0.3) is 0 Å². The molecule has 2 atom stereocenters. The van der Waals surface area contributed by atoms with Crippen LogP contribution >= 0.6 is 0 Å². The van der Waals surface area contributed by atoms with Gasteiger partial charge in [-0.3, -0.25) is 9.59 Å². The van der Waals surface area contributed by atoms with E-state index < -0.39 is 6.04 Å². The van der Waals surface area contributed by atoms with Crippen molar-refractivity contribution in [3.05, 3.63) is 37.0 Å². The van der Waals surface area contributed by atoms with Crippen LogP contribution in [0.25, 0.3) is 0 Å². The average Bonchev–Trinajstić information content (AvgIpc) is 2.47. The van der Waals surface area contributed by atoms with E-state index in [-0.39, 0.29) is 24.4 Å². The highest BCUT2D eigenvalue weighted by Crippen LogP contribution is 2.03. The van der Waals surface area contributed by atoms with Crippen molar-refractivity contribution in [2.24, 2.45) is 11.7 Å². The lowest BCUT2D eigenvalue weighted by Gasteiger charge is -2.16. The fourth-order valence-corrected chi connectivity index (χ4v) is 2.11. The lowest BCUT2D eigenvalue weighted by Crippen LogP contribution is -2.46. The number of amides is 2. The largest absolute Gasteiger partial charge is 0.352 e. The van der Waals surface area contributed by atoms with Crippen LogP contribution in [0.2, 0.25) is 0 Å². The summed E-state index contributed by atoms with van der Waals surface area (Å²) in [4.78, 5) is 23.5. The number of carbonyl (C=O) groups excluding carboxylic acids is 2. The van der Waals surface area contributed by atoms with Crippen LogP contribution in [0.3, 0.4) is 0 Å². The molecule has 0 fully saturated rings. The van der Waals surface area contributed by atoms with Crippen molar-refractivity contribution in [3.63, 3.8) is 0 Å². The van der Waals surface area contributed by atoms with E-state index in [1.54, 1.807) is 6.08 Å². The summed E-state index contributed by atoms with van der Waals surface area (Å²) in [5.41, 5.74) is 5.80. The highest BCUT2D eigenvalue weighted by Gasteiger charge is 2.14. The first-order valence-electron chi connectivity index (χ1n) is 8.13. The van der Waals surface area contributed by atoms with Crippen LogP contribution in [0.1, 0.15) is 40.0 Å². The Bertz CT molecular complexity index is 428. The average molecular weight is 321 g/mol. The predicted molar refractivity (Wildman–Crippen MR) is 95.8 cm³/mol. The van der Waals surface area contributed by atoms with E-state index in [1.165, 1.54) is 0 Å². The number of nitrogens with one attached hydrogen (secondary N) is 2. The summed E-state index contributed by atoms with van der Waals surface area (Å²) in [5.74, 6) is 0.0301. The van der Waals surface area contributed by atoms with Gasteiger partial charge in [-0.05, 0) is 32.1 Å². The van der Waals surface area contributed by atoms with Crippen LogP contribution in [0, 0.1) is 5.92 Å². The smallest absolute Gasteiger partial charge is 0.239 e. The molecule has 0 radical (unpaired) electrons. The molecule has 0 saturated heterocycles. The maximum Gasteiger partial charge on any atom is 0.239 e. The molecule has 0 heterocycles. The van der Waals surface area contributed by atoms with E-state index in [1.807, 2.05) is 31.2 Å². The number of rotatable bonds is 11. The molecule has 0 aliphatic carbocycles. The Hall–Kier alpha value is -1.88. The van der Waals surface area contributed by atoms with Gasteiger partial charge in [0, 0.05) is 6.04 Å². The standard InChI is InChI=1S/C18H31N3O2/c1-5-6-7-8-9-10-11-16(19)18(23)20-13-17(22)21-15(4)12-14(2)3/h5-9,14-16H,1,10-13,19H2,2-4H3,(H,20,23)(H,21,22)/b7-6-,9-8-/t15?,16-/m1/s1. The maximum absolute atomic E-state index is 11.8. The molecule has 0 aliphatic heterocycles. The van der Waals surface area contributed by atoms with Crippen molar-refractivity contribution in [2.45, 2.75) is 52.1 Å². The lowest BCUT2D eigenvalue weighted by atomic mass is 10.1. The molecular weight excluding hydrogens is 290 g/mol. The monoisotopic (exact) mass is 321 g/mol. The summed E-state index contributed by atoms with van der Waals surface area (Å²) >= 11 is 0. The molecule has 0 bridgehead atoms. The third kappa shape index (κ3) is 12.4. The van der Waals surface area contributed by atoms with E-state index in [9.17, 15) is 9.59 Å². The molecule has 0 spiro atoms. The van der Waals surface area contributed by atoms with Crippen molar-refractivity contribution in [1.29, 1.82) is 0 Å². The molecule has 1 unspecified atom stereocenters. The van der Waals surface area contributed by atoms with Crippen LogP contribution in [0.4, 0.5) is 0 Å². The second kappa shape index (κ2) is 12.6. The molecule has 4 N–H and O–H groups in total. The highest BCUT2D eigenvalue weighted by molar-refractivity contribution is 5.87. The summed E-state index contributed by atoms with van der Waals surface area (Å²) in [6.45, 7) is 9.70. The molecule has 0 saturated carbocycles. The van der Waals surface area contributed by atoms with Gasteiger partial charge in [-0.25, -0.2) is 0 Å². The second-order valence-electron chi connectivity index (χ2n) is 6.05. The highest BCUT2D eigenvalue weighted by atomic mass is 16.2. The van der Waals surface area contributed by atoms with Gasteiger partial charge in [0.2, 0.25) is 11.8 Å². The Morgan fingerprint density at radius 2 is 1.87 bits per heavy atom. The predicted octanol–water partition coefficient (Wildman–Crippen LogP) is 2.06. The molecule has 2 amide bonds. The summed E-state index contributed by atoms with van der Waals surface area (Å²) in [5, 5.41) is 5.43. The Morgan fingerprint density at radius 3 is 2.48 bits per heavy atom. The van der Waals surface area contributed by atoms with Crippen molar-refractivity contribution in [3.8, 4) is 0 Å². The van der Waals surface area contributed by atoms with Crippen molar-refractivity contribution in [2.75, 3.05) is 6.54 Å². The number of carbonyl (C=O) groups is 2. The van der Waals surface area contributed by atoms with Crippen LogP contribution in [0.5, 0.6) is 0 Å². The molecular formula is C18H31N3O2. The minimum Gasteiger partial charge on any atom is -0.352 e. The zero-order valence-electron chi connectivity index (χ0n) is 14.5. The maximum atomic E-state index is 11.8. The first kappa shape index (κ1) is 21.1. The Balaban J connectivity index is 3.95.